The molecule has 1 N–H and O–H groups in total. The predicted octanol–water partition coefficient (Wildman–Crippen LogP) is 2.31. The molecule has 1 saturated heterocycles. The lowest BCUT2D eigenvalue weighted by atomic mass is 10.1. The van der Waals surface area contributed by atoms with Crippen molar-refractivity contribution >= 4 is 5.91 Å². The van der Waals surface area contributed by atoms with Crippen molar-refractivity contribution in [2.45, 2.75) is 52.1 Å². The number of carbonyl (C=O) groups excluding carboxylic acids is 1. The minimum atomic E-state index is -0.0437. The lowest BCUT2D eigenvalue weighted by Crippen LogP contribution is -2.44. The number of imidazole rings is 1. The number of aromatic nitrogens is 2. The van der Waals surface area contributed by atoms with E-state index in [1.165, 1.54) is 5.56 Å². The summed E-state index contributed by atoms with van der Waals surface area (Å²) < 4.78 is 7.74. The Morgan fingerprint density at radius 2 is 1.96 bits per heavy atom. The zero-order valence-electron chi connectivity index (χ0n) is 15.8. The summed E-state index contributed by atoms with van der Waals surface area (Å²) in [6.07, 6.45) is 5.92. The van der Waals surface area contributed by atoms with E-state index in [0.717, 1.165) is 19.6 Å². The van der Waals surface area contributed by atoms with Gasteiger partial charge in [-0.15, -0.1) is 0 Å². The Bertz CT molecular complexity index is 689. The third kappa shape index (κ3) is 5.16. The Hall–Kier alpha value is -2.18. The van der Waals surface area contributed by atoms with Crippen LogP contribution in [0.25, 0.3) is 0 Å². The van der Waals surface area contributed by atoms with E-state index in [1.54, 1.807) is 12.5 Å². The fraction of sp³-hybridized carbons (Fsp3) is 0.500. The Kier molecular flexibility index (Phi) is 6.06. The lowest BCUT2D eigenvalue weighted by molar-refractivity contribution is -0.0704. The molecule has 1 aliphatic rings. The molecule has 1 fully saturated rings. The first-order valence-corrected chi connectivity index (χ1v) is 9.23. The lowest BCUT2D eigenvalue weighted by Gasteiger charge is -2.35. The molecule has 1 amide bonds. The van der Waals surface area contributed by atoms with Crippen LogP contribution in [-0.4, -0.2) is 51.7 Å². The fourth-order valence-electron chi connectivity index (χ4n) is 3.50. The summed E-state index contributed by atoms with van der Waals surface area (Å²) in [4.78, 5) is 18.8. The molecule has 0 radical (unpaired) electrons. The maximum Gasteiger partial charge on any atom is 0.251 e. The number of rotatable bonds is 6. The van der Waals surface area contributed by atoms with Crippen LogP contribution >= 0.6 is 0 Å². The molecule has 1 aliphatic heterocycles. The van der Waals surface area contributed by atoms with Gasteiger partial charge in [0.25, 0.3) is 5.91 Å². The zero-order chi connectivity index (χ0) is 18.5. The number of benzene rings is 1. The van der Waals surface area contributed by atoms with Gasteiger partial charge in [0.2, 0.25) is 0 Å². The number of ether oxygens (including phenoxy) is 1. The van der Waals surface area contributed by atoms with Gasteiger partial charge in [0.15, 0.2) is 0 Å². The Labute approximate surface area is 155 Å². The third-order valence-corrected chi connectivity index (χ3v) is 4.54. The van der Waals surface area contributed by atoms with Crippen molar-refractivity contribution in [2.24, 2.45) is 0 Å². The first-order chi connectivity index (χ1) is 12.5. The van der Waals surface area contributed by atoms with Crippen molar-refractivity contribution in [3.05, 3.63) is 54.1 Å². The normalized spacial score (nSPS) is 22.1. The van der Waals surface area contributed by atoms with Gasteiger partial charge in [-0.1, -0.05) is 12.1 Å². The van der Waals surface area contributed by atoms with E-state index in [-0.39, 0.29) is 24.2 Å². The van der Waals surface area contributed by atoms with E-state index in [9.17, 15) is 4.79 Å². The van der Waals surface area contributed by atoms with Crippen LogP contribution in [0.3, 0.4) is 0 Å². The van der Waals surface area contributed by atoms with E-state index in [2.05, 4.69) is 29.0 Å². The van der Waals surface area contributed by atoms with E-state index in [4.69, 9.17) is 4.74 Å². The maximum atomic E-state index is 12.4. The number of nitrogens with zero attached hydrogens (tertiary/aromatic N) is 3. The average Bonchev–Trinajstić information content (AvgIpc) is 3.07. The highest BCUT2D eigenvalue weighted by atomic mass is 16.5. The summed E-state index contributed by atoms with van der Waals surface area (Å²) in [5.74, 6) is -0.0437. The monoisotopic (exact) mass is 356 g/mol. The quantitative estimate of drug-likeness (QED) is 0.863. The average molecular weight is 356 g/mol. The number of hydrogen-bond acceptors (Lipinski definition) is 4. The highest BCUT2D eigenvalue weighted by molar-refractivity contribution is 5.94. The minimum absolute atomic E-state index is 0.0349. The van der Waals surface area contributed by atoms with E-state index >= 15 is 0 Å². The molecule has 3 unspecified atom stereocenters. The Morgan fingerprint density at radius 3 is 2.58 bits per heavy atom. The molecule has 1 aromatic carbocycles. The second-order valence-electron chi connectivity index (χ2n) is 7.28. The third-order valence-electron chi connectivity index (χ3n) is 4.54. The van der Waals surface area contributed by atoms with Crippen LogP contribution in [0.1, 0.15) is 36.7 Å². The smallest absolute Gasteiger partial charge is 0.251 e. The number of carbonyl (C=O) groups is 1. The number of nitrogens with one attached hydrogen (secondary N) is 1. The van der Waals surface area contributed by atoms with E-state index in [1.807, 2.05) is 42.0 Å². The first-order valence-electron chi connectivity index (χ1n) is 9.23. The Morgan fingerprint density at radius 1 is 1.27 bits per heavy atom. The molecule has 0 spiro atoms. The van der Waals surface area contributed by atoms with Crippen molar-refractivity contribution in [3.8, 4) is 0 Å². The van der Waals surface area contributed by atoms with Crippen LogP contribution in [0.5, 0.6) is 0 Å². The number of amides is 1. The van der Waals surface area contributed by atoms with Crippen LogP contribution in [0.4, 0.5) is 0 Å². The second kappa shape index (κ2) is 8.47. The van der Waals surface area contributed by atoms with Crippen molar-refractivity contribution in [1.29, 1.82) is 0 Å². The maximum absolute atomic E-state index is 12.4. The molecule has 0 aliphatic carbocycles. The van der Waals surface area contributed by atoms with Crippen molar-refractivity contribution in [2.75, 3.05) is 13.1 Å². The summed E-state index contributed by atoms with van der Waals surface area (Å²) in [5, 5.41) is 3.03. The van der Waals surface area contributed by atoms with Gasteiger partial charge < -0.3 is 14.6 Å². The van der Waals surface area contributed by atoms with Crippen molar-refractivity contribution < 1.29 is 9.53 Å². The minimum Gasteiger partial charge on any atom is -0.373 e. The molecule has 1 aromatic heterocycles. The summed E-state index contributed by atoms with van der Waals surface area (Å²) in [7, 11) is 0. The van der Waals surface area contributed by atoms with Gasteiger partial charge in [-0.2, -0.15) is 0 Å². The predicted molar refractivity (Wildman–Crippen MR) is 101 cm³/mol. The summed E-state index contributed by atoms with van der Waals surface area (Å²) in [6, 6.07) is 7.93. The van der Waals surface area contributed by atoms with Crippen LogP contribution in [0, 0.1) is 0 Å². The van der Waals surface area contributed by atoms with Gasteiger partial charge in [0, 0.05) is 50.2 Å². The summed E-state index contributed by atoms with van der Waals surface area (Å²) >= 11 is 0. The fourth-order valence-corrected chi connectivity index (χ4v) is 3.50. The van der Waals surface area contributed by atoms with Crippen molar-refractivity contribution in [3.63, 3.8) is 0 Å². The molecule has 26 heavy (non-hydrogen) atoms. The molecule has 6 heteroatoms. The van der Waals surface area contributed by atoms with Gasteiger partial charge >= 0.3 is 0 Å². The van der Waals surface area contributed by atoms with Gasteiger partial charge in [-0.05, 0) is 38.5 Å². The van der Waals surface area contributed by atoms with Crippen LogP contribution in [0.15, 0.2) is 43.0 Å². The molecule has 6 nitrogen and oxygen atoms in total. The molecule has 140 valence electrons. The van der Waals surface area contributed by atoms with Crippen LogP contribution < -0.4 is 5.32 Å². The molecular weight excluding hydrogens is 328 g/mol. The van der Waals surface area contributed by atoms with Crippen LogP contribution in [-0.2, 0) is 17.8 Å². The summed E-state index contributed by atoms with van der Waals surface area (Å²) in [5.41, 5.74) is 1.91. The number of hydrogen-bond donors (Lipinski definition) is 1. The van der Waals surface area contributed by atoms with E-state index in [0.29, 0.717) is 12.1 Å². The zero-order valence-corrected chi connectivity index (χ0v) is 15.8. The highest BCUT2D eigenvalue weighted by Gasteiger charge is 2.22. The van der Waals surface area contributed by atoms with Gasteiger partial charge in [-0.3, -0.25) is 9.69 Å². The highest BCUT2D eigenvalue weighted by Crippen LogP contribution is 2.15. The summed E-state index contributed by atoms with van der Waals surface area (Å²) in [6.45, 7) is 9.69. The van der Waals surface area contributed by atoms with Gasteiger partial charge in [-0.25, -0.2) is 4.98 Å². The molecular formula is C20H28N4O2. The van der Waals surface area contributed by atoms with Crippen molar-refractivity contribution in [1.82, 2.24) is 19.8 Å². The largest absolute Gasteiger partial charge is 0.373 e. The standard InChI is InChI=1S/C20H28N4O2/c1-15(10-23-9-8-21-14-23)22-20(25)19-6-4-18(5-7-19)13-24-11-16(2)26-17(3)12-24/h4-9,14-17H,10-13H2,1-3H3,(H,22,25). The molecule has 2 heterocycles. The topological polar surface area (TPSA) is 59.4 Å². The van der Waals surface area contributed by atoms with Gasteiger partial charge in [0.05, 0.1) is 18.5 Å². The van der Waals surface area contributed by atoms with Crippen LogP contribution in [0.2, 0.25) is 0 Å². The SMILES string of the molecule is CC(Cn1ccnc1)NC(=O)c1ccc(CN2CC(C)OC(C)C2)cc1. The molecule has 3 rings (SSSR count). The second-order valence-corrected chi connectivity index (χ2v) is 7.28. The van der Waals surface area contributed by atoms with Gasteiger partial charge in [0.1, 0.15) is 0 Å². The molecule has 0 bridgehead atoms. The first kappa shape index (κ1) is 18.6. The van der Waals surface area contributed by atoms with E-state index < -0.39 is 0 Å². The molecule has 0 saturated carbocycles. The molecule has 2 aromatic rings. The Balaban J connectivity index is 1.52. The number of morpholine rings is 1. The molecule has 3 atom stereocenters.